The second kappa shape index (κ2) is 8.15. The van der Waals surface area contributed by atoms with E-state index in [-0.39, 0.29) is 5.78 Å². The molecule has 1 rings (SSSR count). The Morgan fingerprint density at radius 3 is 2.68 bits per heavy atom. The van der Waals surface area contributed by atoms with E-state index in [2.05, 4.69) is 18.1 Å². The Morgan fingerprint density at radius 2 is 2.11 bits per heavy atom. The van der Waals surface area contributed by atoms with E-state index < -0.39 is 0 Å². The molecule has 0 heterocycles. The van der Waals surface area contributed by atoms with E-state index in [1.54, 1.807) is 30.0 Å². The first-order valence-electron chi connectivity index (χ1n) is 6.17. The molecule has 1 unspecified atom stereocenters. The molecule has 1 atom stereocenters. The van der Waals surface area contributed by atoms with Crippen molar-refractivity contribution in [2.24, 2.45) is 0 Å². The minimum Gasteiger partial charge on any atom is -0.295 e. The van der Waals surface area contributed by atoms with E-state index in [9.17, 15) is 4.79 Å². The Morgan fingerprint density at radius 1 is 1.42 bits per heavy atom. The van der Waals surface area contributed by atoms with Crippen molar-refractivity contribution in [2.45, 2.75) is 19.4 Å². The van der Waals surface area contributed by atoms with Crippen LogP contribution in [0.15, 0.2) is 18.2 Å². The van der Waals surface area contributed by atoms with Crippen LogP contribution in [0.4, 0.5) is 0 Å². The highest BCUT2D eigenvalue weighted by Gasteiger charge is 2.18. The molecule has 0 radical (unpaired) electrons. The monoisotopic (exact) mass is 319 g/mol. The lowest BCUT2D eigenvalue weighted by atomic mass is 10.1. The highest BCUT2D eigenvalue weighted by molar-refractivity contribution is 7.98. The molecular formula is C14H19Cl2NOS. The van der Waals surface area contributed by atoms with Crippen LogP contribution < -0.4 is 0 Å². The van der Waals surface area contributed by atoms with E-state index in [1.165, 1.54) is 0 Å². The third kappa shape index (κ3) is 4.99. The number of hydrogen-bond acceptors (Lipinski definition) is 3. The van der Waals surface area contributed by atoms with Crippen LogP contribution in [-0.2, 0) is 0 Å². The summed E-state index contributed by atoms with van der Waals surface area (Å²) >= 11 is 13.7. The number of likely N-dealkylation sites (N-methyl/N-ethyl adjacent to an activating group) is 1. The van der Waals surface area contributed by atoms with Crippen molar-refractivity contribution in [2.75, 3.05) is 25.6 Å². The normalized spacial score (nSPS) is 12.7. The first kappa shape index (κ1) is 16.8. The maximum Gasteiger partial charge on any atom is 0.178 e. The third-order valence-corrected chi connectivity index (χ3v) is 4.36. The highest BCUT2D eigenvalue weighted by Crippen LogP contribution is 2.21. The number of carbonyl (C=O) groups excluding carboxylic acids is 1. The van der Waals surface area contributed by atoms with E-state index in [4.69, 9.17) is 23.2 Å². The molecule has 1 aromatic rings. The van der Waals surface area contributed by atoms with Gasteiger partial charge in [0.05, 0.1) is 11.6 Å². The Bertz CT molecular complexity index is 439. The molecule has 2 nitrogen and oxygen atoms in total. The number of thioether (sulfide) groups is 1. The van der Waals surface area contributed by atoms with Crippen molar-refractivity contribution in [3.05, 3.63) is 33.8 Å². The van der Waals surface area contributed by atoms with Gasteiger partial charge in [-0.3, -0.25) is 9.69 Å². The number of nitrogens with zero attached hydrogens (tertiary/aromatic N) is 1. The second-order valence-electron chi connectivity index (χ2n) is 4.48. The van der Waals surface area contributed by atoms with E-state index >= 15 is 0 Å². The van der Waals surface area contributed by atoms with Gasteiger partial charge in [-0.25, -0.2) is 0 Å². The van der Waals surface area contributed by atoms with Crippen LogP contribution in [0.2, 0.25) is 10.0 Å². The molecule has 0 bridgehead atoms. The Kier molecular flexibility index (Phi) is 7.22. The van der Waals surface area contributed by atoms with Crippen LogP contribution in [0.1, 0.15) is 23.7 Å². The number of halogens is 2. The average molecular weight is 320 g/mol. The van der Waals surface area contributed by atoms with Gasteiger partial charge >= 0.3 is 0 Å². The minimum atomic E-state index is 0.00885. The average Bonchev–Trinajstić information content (AvgIpc) is 2.38. The van der Waals surface area contributed by atoms with Crippen molar-refractivity contribution in [1.82, 2.24) is 4.90 Å². The van der Waals surface area contributed by atoms with Crippen LogP contribution >= 0.6 is 35.0 Å². The van der Waals surface area contributed by atoms with E-state index in [0.717, 1.165) is 12.2 Å². The number of ketones is 1. The number of rotatable bonds is 7. The highest BCUT2D eigenvalue weighted by atomic mass is 35.5. The largest absolute Gasteiger partial charge is 0.295 e. The van der Waals surface area contributed by atoms with Crippen LogP contribution in [0.3, 0.4) is 0 Å². The lowest BCUT2D eigenvalue weighted by Gasteiger charge is -2.25. The maximum absolute atomic E-state index is 12.3. The zero-order valence-electron chi connectivity index (χ0n) is 11.5. The second-order valence-corrected chi connectivity index (χ2v) is 6.23. The number of hydrogen-bond donors (Lipinski definition) is 0. The summed E-state index contributed by atoms with van der Waals surface area (Å²) in [6, 6.07) is 5.38. The number of carbonyl (C=O) groups is 1. The van der Waals surface area contributed by atoms with Crippen molar-refractivity contribution in [3.63, 3.8) is 0 Å². The van der Waals surface area contributed by atoms with Gasteiger partial charge in [-0.2, -0.15) is 11.8 Å². The summed E-state index contributed by atoms with van der Waals surface area (Å²) < 4.78 is 0. The first-order chi connectivity index (χ1) is 8.99. The summed E-state index contributed by atoms with van der Waals surface area (Å²) in [6.45, 7) is 2.49. The van der Waals surface area contributed by atoms with Gasteiger partial charge < -0.3 is 0 Å². The Hall–Kier alpha value is -0.220. The fourth-order valence-electron chi connectivity index (χ4n) is 1.90. The molecule has 0 amide bonds. The molecule has 0 aliphatic carbocycles. The lowest BCUT2D eigenvalue weighted by molar-refractivity contribution is 0.0925. The minimum absolute atomic E-state index is 0.00885. The molecule has 0 fully saturated rings. The fourth-order valence-corrected chi connectivity index (χ4v) is 3.17. The molecule has 19 heavy (non-hydrogen) atoms. The Balaban J connectivity index is 2.76. The zero-order valence-corrected chi connectivity index (χ0v) is 13.8. The standard InChI is InChI=1S/C14H19Cl2NOS/c1-4-11(9-19-3)17(2)8-14(18)12-7-10(15)5-6-13(12)16/h5-7,11H,4,8-9H2,1-3H3. The Labute approximate surface area is 129 Å². The smallest absolute Gasteiger partial charge is 0.178 e. The van der Waals surface area contributed by atoms with Gasteiger partial charge in [-0.15, -0.1) is 0 Å². The summed E-state index contributed by atoms with van der Waals surface area (Å²) in [5.74, 6) is 1.03. The molecule has 5 heteroatoms. The predicted molar refractivity (Wildman–Crippen MR) is 85.9 cm³/mol. The van der Waals surface area contributed by atoms with Gasteiger partial charge in [0, 0.05) is 22.4 Å². The van der Waals surface area contributed by atoms with E-state index in [0.29, 0.717) is 28.2 Å². The molecule has 0 saturated heterocycles. The van der Waals surface area contributed by atoms with Crippen LogP contribution in [0, 0.1) is 0 Å². The maximum atomic E-state index is 12.3. The number of benzene rings is 1. The van der Waals surface area contributed by atoms with Crippen molar-refractivity contribution in [1.29, 1.82) is 0 Å². The van der Waals surface area contributed by atoms with Gasteiger partial charge in [0.1, 0.15) is 0 Å². The molecule has 0 aromatic heterocycles. The fraction of sp³-hybridized carbons (Fsp3) is 0.500. The van der Waals surface area contributed by atoms with Crippen LogP contribution in [-0.4, -0.2) is 42.3 Å². The SMILES string of the molecule is CCC(CSC)N(C)CC(=O)c1cc(Cl)ccc1Cl. The molecule has 0 N–H and O–H groups in total. The molecule has 0 aliphatic heterocycles. The van der Waals surface area contributed by atoms with Gasteiger partial charge in [0.15, 0.2) is 5.78 Å². The summed E-state index contributed by atoms with van der Waals surface area (Å²) in [6.07, 6.45) is 3.10. The molecule has 0 aliphatic rings. The van der Waals surface area contributed by atoms with Gasteiger partial charge in [-0.05, 0) is 37.9 Å². The lowest BCUT2D eigenvalue weighted by Crippen LogP contribution is -2.37. The summed E-state index contributed by atoms with van der Waals surface area (Å²) in [4.78, 5) is 14.3. The molecule has 1 aromatic carbocycles. The predicted octanol–water partition coefficient (Wildman–Crippen LogP) is 4.25. The topological polar surface area (TPSA) is 20.3 Å². The van der Waals surface area contributed by atoms with Gasteiger partial charge in [-0.1, -0.05) is 30.1 Å². The molecule has 0 saturated carbocycles. The third-order valence-electron chi connectivity index (χ3n) is 3.08. The zero-order chi connectivity index (χ0) is 14.4. The van der Waals surface area contributed by atoms with Crippen LogP contribution in [0.5, 0.6) is 0 Å². The number of Topliss-reactive ketones (excluding diaryl/α,β-unsaturated/α-hetero) is 1. The van der Waals surface area contributed by atoms with E-state index in [1.807, 2.05) is 7.05 Å². The molecule has 106 valence electrons. The quantitative estimate of drug-likeness (QED) is 0.701. The molecule has 0 spiro atoms. The van der Waals surface area contributed by atoms with Crippen LogP contribution in [0.25, 0.3) is 0 Å². The van der Waals surface area contributed by atoms with Gasteiger partial charge in [0.2, 0.25) is 0 Å². The summed E-state index contributed by atoms with van der Waals surface area (Å²) in [5, 5.41) is 0.993. The summed E-state index contributed by atoms with van der Waals surface area (Å²) in [7, 11) is 1.97. The van der Waals surface area contributed by atoms with Crippen molar-refractivity contribution < 1.29 is 4.79 Å². The molecular weight excluding hydrogens is 301 g/mol. The van der Waals surface area contributed by atoms with Crippen molar-refractivity contribution in [3.8, 4) is 0 Å². The van der Waals surface area contributed by atoms with Gasteiger partial charge in [0.25, 0.3) is 0 Å². The first-order valence-corrected chi connectivity index (χ1v) is 8.32. The summed E-state index contributed by atoms with van der Waals surface area (Å²) in [5.41, 5.74) is 0.500. The van der Waals surface area contributed by atoms with Crippen molar-refractivity contribution >= 4 is 40.7 Å².